The largest absolute Gasteiger partial charge is 0.510 e. The van der Waals surface area contributed by atoms with E-state index < -0.39 is 6.16 Å². The van der Waals surface area contributed by atoms with Gasteiger partial charge in [-0.15, -0.1) is 0 Å². The number of rotatable bonds is 20. The number of unbranched alkanes of at least 4 members (excludes halogenated alkanes) is 18. The molecule has 3 nitrogen and oxygen atoms in total. The molecule has 0 unspecified atom stereocenters. The zero-order valence-corrected chi connectivity index (χ0v) is 18.3. The van der Waals surface area contributed by atoms with Crippen LogP contribution in [-0.2, 0) is 4.74 Å². The quantitative estimate of drug-likeness (QED) is 0.130. The molecule has 0 saturated heterocycles. The minimum absolute atomic E-state index is 0.495. The highest BCUT2D eigenvalue weighted by molar-refractivity contribution is 5.58. The molecule has 0 heterocycles. The lowest BCUT2D eigenvalue weighted by molar-refractivity contribution is 0.119. The van der Waals surface area contributed by atoms with Gasteiger partial charge in [0, 0.05) is 0 Å². The average Bonchev–Trinajstić information content (AvgIpc) is 2.63. The molecule has 0 amide bonds. The fourth-order valence-electron chi connectivity index (χ4n) is 3.53. The van der Waals surface area contributed by atoms with E-state index in [0.717, 1.165) is 12.8 Å². The maximum atomic E-state index is 10.3. The van der Waals surface area contributed by atoms with Gasteiger partial charge in [0.15, 0.2) is 0 Å². The van der Waals surface area contributed by atoms with Crippen LogP contribution in [0.15, 0.2) is 11.8 Å². The third-order valence-corrected chi connectivity index (χ3v) is 5.24. The molecule has 0 radical (unpaired) electrons. The Kier molecular flexibility index (Phi) is 20.5. The van der Waals surface area contributed by atoms with Crippen LogP contribution in [0.4, 0.5) is 4.79 Å². The van der Waals surface area contributed by atoms with Gasteiger partial charge in [-0.3, -0.25) is 0 Å². The predicted molar refractivity (Wildman–Crippen MR) is 116 cm³/mol. The van der Waals surface area contributed by atoms with E-state index in [1.54, 1.807) is 6.92 Å². The summed E-state index contributed by atoms with van der Waals surface area (Å²) < 4.78 is 4.56. The van der Waals surface area contributed by atoms with Crippen molar-refractivity contribution >= 4 is 6.16 Å². The van der Waals surface area contributed by atoms with E-state index in [2.05, 4.69) is 11.7 Å². The summed E-state index contributed by atoms with van der Waals surface area (Å²) in [5, 5.41) is 8.48. The summed E-state index contributed by atoms with van der Waals surface area (Å²) in [7, 11) is 0. The monoisotopic (exact) mass is 382 g/mol. The SMILES string of the molecule is CCCCCCCCCCCCCCCCCCCCC=C(C)OC(=O)O. The standard InChI is InChI=1S/C24H46O3/c1-3-4-5-6-7-8-9-10-11-12-13-14-15-16-17-18-19-20-21-22-23(2)27-24(25)26/h22H,3-21H2,1-2H3,(H,25,26). The molecule has 0 aromatic rings. The minimum Gasteiger partial charge on any atom is -0.449 e. The zero-order chi connectivity index (χ0) is 20.0. The van der Waals surface area contributed by atoms with Crippen molar-refractivity contribution in [2.75, 3.05) is 0 Å². The molecular formula is C24H46O3. The first kappa shape index (κ1) is 26.0. The average molecular weight is 383 g/mol. The van der Waals surface area contributed by atoms with Gasteiger partial charge >= 0.3 is 6.16 Å². The molecule has 0 aromatic carbocycles. The molecule has 0 rings (SSSR count). The molecule has 0 aromatic heterocycles. The number of hydrogen-bond donors (Lipinski definition) is 1. The normalized spacial score (nSPS) is 11.7. The molecule has 0 spiro atoms. The molecule has 0 bridgehead atoms. The molecule has 0 aliphatic rings. The summed E-state index contributed by atoms with van der Waals surface area (Å²) in [5.74, 6) is 0.495. The Morgan fingerprint density at radius 1 is 0.667 bits per heavy atom. The second-order valence-electron chi connectivity index (χ2n) is 7.98. The number of ether oxygens (including phenoxy) is 1. The van der Waals surface area contributed by atoms with Gasteiger partial charge in [-0.2, -0.15) is 0 Å². The van der Waals surface area contributed by atoms with Crippen LogP contribution in [0.25, 0.3) is 0 Å². The number of hydrogen-bond acceptors (Lipinski definition) is 2. The molecule has 0 atom stereocenters. The van der Waals surface area contributed by atoms with Crippen molar-refractivity contribution in [2.45, 2.75) is 136 Å². The predicted octanol–water partition coefficient (Wildman–Crippen LogP) is 9.02. The molecule has 3 heteroatoms. The Hall–Kier alpha value is -0.990. The maximum Gasteiger partial charge on any atom is 0.510 e. The fourth-order valence-corrected chi connectivity index (χ4v) is 3.53. The Bertz CT molecular complexity index is 350. The topological polar surface area (TPSA) is 46.5 Å². The summed E-state index contributed by atoms with van der Waals surface area (Å²) in [5.41, 5.74) is 0. The van der Waals surface area contributed by atoms with Crippen LogP contribution in [-0.4, -0.2) is 11.3 Å². The molecule has 27 heavy (non-hydrogen) atoms. The number of carbonyl (C=O) groups is 1. The summed E-state index contributed by atoms with van der Waals surface area (Å²) in [6.07, 6.45) is 26.5. The van der Waals surface area contributed by atoms with Gasteiger partial charge < -0.3 is 9.84 Å². The van der Waals surface area contributed by atoms with Crippen LogP contribution >= 0.6 is 0 Å². The minimum atomic E-state index is -1.22. The second-order valence-corrected chi connectivity index (χ2v) is 7.98. The number of allylic oxidation sites excluding steroid dienone is 2. The summed E-state index contributed by atoms with van der Waals surface area (Å²) >= 11 is 0. The third-order valence-electron chi connectivity index (χ3n) is 5.24. The van der Waals surface area contributed by atoms with Gasteiger partial charge in [0.05, 0.1) is 0 Å². The van der Waals surface area contributed by atoms with Gasteiger partial charge in [-0.25, -0.2) is 4.79 Å². The molecule has 0 fully saturated rings. The Labute approximate surface area is 169 Å². The first-order chi connectivity index (χ1) is 13.2. The van der Waals surface area contributed by atoms with E-state index in [4.69, 9.17) is 5.11 Å². The van der Waals surface area contributed by atoms with Crippen molar-refractivity contribution < 1.29 is 14.6 Å². The van der Waals surface area contributed by atoms with Gasteiger partial charge in [-0.05, 0) is 25.8 Å². The second kappa shape index (κ2) is 21.3. The molecule has 160 valence electrons. The Morgan fingerprint density at radius 2 is 1.00 bits per heavy atom. The summed E-state index contributed by atoms with van der Waals surface area (Å²) in [6.45, 7) is 3.98. The van der Waals surface area contributed by atoms with Gasteiger partial charge in [-0.1, -0.05) is 116 Å². The van der Waals surface area contributed by atoms with Crippen molar-refractivity contribution in [2.24, 2.45) is 0 Å². The van der Waals surface area contributed by atoms with Crippen molar-refractivity contribution in [3.05, 3.63) is 11.8 Å². The van der Waals surface area contributed by atoms with E-state index >= 15 is 0 Å². The fraction of sp³-hybridized carbons (Fsp3) is 0.875. The van der Waals surface area contributed by atoms with Crippen LogP contribution in [0.5, 0.6) is 0 Å². The van der Waals surface area contributed by atoms with Crippen molar-refractivity contribution in [1.82, 2.24) is 0 Å². The van der Waals surface area contributed by atoms with E-state index in [1.165, 1.54) is 109 Å². The van der Waals surface area contributed by atoms with Crippen LogP contribution in [0, 0.1) is 0 Å². The van der Waals surface area contributed by atoms with E-state index in [9.17, 15) is 4.79 Å². The van der Waals surface area contributed by atoms with E-state index in [0.29, 0.717) is 5.76 Å². The lowest BCUT2D eigenvalue weighted by Gasteiger charge is -2.04. The highest BCUT2D eigenvalue weighted by atomic mass is 16.7. The summed E-state index contributed by atoms with van der Waals surface area (Å²) in [4.78, 5) is 10.3. The van der Waals surface area contributed by atoms with Crippen LogP contribution < -0.4 is 0 Å². The molecule has 0 aliphatic heterocycles. The molecule has 0 aliphatic carbocycles. The lowest BCUT2D eigenvalue weighted by atomic mass is 10.0. The van der Waals surface area contributed by atoms with Gasteiger partial charge in [0.25, 0.3) is 0 Å². The van der Waals surface area contributed by atoms with Crippen molar-refractivity contribution in [3.63, 3.8) is 0 Å². The zero-order valence-electron chi connectivity index (χ0n) is 18.3. The smallest absolute Gasteiger partial charge is 0.449 e. The molecular weight excluding hydrogens is 336 g/mol. The summed E-state index contributed by atoms with van der Waals surface area (Å²) in [6, 6.07) is 0. The lowest BCUT2D eigenvalue weighted by Crippen LogP contribution is -1.97. The van der Waals surface area contributed by atoms with Crippen LogP contribution in [0.2, 0.25) is 0 Å². The Balaban J connectivity index is 3.12. The van der Waals surface area contributed by atoms with E-state index in [-0.39, 0.29) is 0 Å². The van der Waals surface area contributed by atoms with Crippen molar-refractivity contribution in [1.29, 1.82) is 0 Å². The van der Waals surface area contributed by atoms with Gasteiger partial charge in [0.1, 0.15) is 5.76 Å². The highest BCUT2D eigenvalue weighted by Crippen LogP contribution is 2.14. The first-order valence-electron chi connectivity index (χ1n) is 11.7. The number of carboxylic acid groups (broad SMARTS) is 1. The third kappa shape index (κ3) is 23.0. The first-order valence-corrected chi connectivity index (χ1v) is 11.7. The maximum absolute atomic E-state index is 10.3. The van der Waals surface area contributed by atoms with Gasteiger partial charge in [0.2, 0.25) is 0 Å². The van der Waals surface area contributed by atoms with Crippen LogP contribution in [0.1, 0.15) is 136 Å². The molecule has 1 N–H and O–H groups in total. The van der Waals surface area contributed by atoms with E-state index in [1.807, 2.05) is 6.08 Å². The van der Waals surface area contributed by atoms with Crippen LogP contribution in [0.3, 0.4) is 0 Å². The highest BCUT2D eigenvalue weighted by Gasteiger charge is 1.98. The Morgan fingerprint density at radius 3 is 1.33 bits per heavy atom. The van der Waals surface area contributed by atoms with Crippen molar-refractivity contribution in [3.8, 4) is 0 Å². The molecule has 0 saturated carbocycles.